The molecule has 20 heavy (non-hydrogen) atoms. The number of benzene rings is 1. The highest BCUT2D eigenvalue weighted by Gasteiger charge is 2.22. The van der Waals surface area contributed by atoms with Crippen molar-refractivity contribution in [2.45, 2.75) is 20.4 Å². The molecule has 0 saturated heterocycles. The van der Waals surface area contributed by atoms with Crippen molar-refractivity contribution in [3.05, 3.63) is 35.0 Å². The monoisotopic (exact) mass is 294 g/mol. The maximum atomic E-state index is 12.0. The van der Waals surface area contributed by atoms with Gasteiger partial charge in [0.15, 0.2) is 6.20 Å². The van der Waals surface area contributed by atoms with E-state index in [-0.39, 0.29) is 0 Å². The standard InChI is InChI=1S/C15H17ClNO3/c1-4-17-9-12(15(18)20-5-2)14(16)11-8-10(19-3)6-7-13(11)17/h6-9H,4-5H2,1-3H3/q+1. The lowest BCUT2D eigenvalue weighted by Crippen LogP contribution is -2.34. The van der Waals surface area contributed by atoms with E-state index in [0.717, 1.165) is 17.4 Å². The van der Waals surface area contributed by atoms with E-state index in [1.807, 2.05) is 29.7 Å². The van der Waals surface area contributed by atoms with Crippen LogP contribution >= 0.6 is 11.6 Å². The van der Waals surface area contributed by atoms with Crippen molar-refractivity contribution in [2.24, 2.45) is 0 Å². The fourth-order valence-corrected chi connectivity index (χ4v) is 2.39. The third kappa shape index (κ3) is 2.56. The third-order valence-electron chi connectivity index (χ3n) is 3.11. The van der Waals surface area contributed by atoms with E-state index >= 15 is 0 Å². The van der Waals surface area contributed by atoms with Crippen LogP contribution in [-0.2, 0) is 11.3 Å². The van der Waals surface area contributed by atoms with Crippen LogP contribution in [0.1, 0.15) is 24.2 Å². The van der Waals surface area contributed by atoms with Gasteiger partial charge in [0.25, 0.3) is 0 Å². The zero-order chi connectivity index (χ0) is 14.7. The summed E-state index contributed by atoms with van der Waals surface area (Å²) in [7, 11) is 1.60. The molecule has 0 amide bonds. The Hall–Kier alpha value is -1.81. The quantitative estimate of drug-likeness (QED) is 0.643. The molecule has 1 aromatic carbocycles. The summed E-state index contributed by atoms with van der Waals surface area (Å²) in [6.07, 6.45) is 1.73. The van der Waals surface area contributed by atoms with Crippen molar-refractivity contribution < 1.29 is 18.8 Å². The summed E-state index contributed by atoms with van der Waals surface area (Å²) < 4.78 is 12.2. The van der Waals surface area contributed by atoms with Gasteiger partial charge in [-0.15, -0.1) is 0 Å². The largest absolute Gasteiger partial charge is 0.497 e. The van der Waals surface area contributed by atoms with Gasteiger partial charge in [-0.25, -0.2) is 4.79 Å². The summed E-state index contributed by atoms with van der Waals surface area (Å²) in [6.45, 7) is 4.82. The summed E-state index contributed by atoms with van der Waals surface area (Å²) in [6, 6.07) is 5.62. The number of aryl methyl sites for hydroxylation is 1. The maximum absolute atomic E-state index is 12.0. The molecule has 106 valence electrons. The van der Waals surface area contributed by atoms with Crippen molar-refractivity contribution in [2.75, 3.05) is 13.7 Å². The highest BCUT2D eigenvalue weighted by atomic mass is 35.5. The molecule has 0 aliphatic heterocycles. The van der Waals surface area contributed by atoms with E-state index in [4.69, 9.17) is 21.1 Å². The van der Waals surface area contributed by atoms with Gasteiger partial charge in [0.1, 0.15) is 17.9 Å². The number of carbonyl (C=O) groups is 1. The van der Waals surface area contributed by atoms with Gasteiger partial charge in [-0.05, 0) is 26.0 Å². The number of fused-ring (bicyclic) bond motifs is 1. The Kier molecular flexibility index (Phi) is 4.45. The van der Waals surface area contributed by atoms with Gasteiger partial charge in [-0.2, -0.15) is 4.57 Å². The second-order valence-electron chi connectivity index (χ2n) is 4.25. The summed E-state index contributed by atoms with van der Waals surface area (Å²) in [5, 5.41) is 1.17. The molecular weight excluding hydrogens is 278 g/mol. The Bertz CT molecular complexity index is 655. The second kappa shape index (κ2) is 6.09. The van der Waals surface area contributed by atoms with Crippen LogP contribution in [0.2, 0.25) is 5.02 Å². The molecule has 0 aliphatic carbocycles. The summed E-state index contributed by atoms with van der Waals surface area (Å²) in [5.74, 6) is 0.285. The smallest absolute Gasteiger partial charge is 0.345 e. The van der Waals surface area contributed by atoms with Crippen molar-refractivity contribution in [1.29, 1.82) is 0 Å². The Labute approximate surface area is 122 Å². The lowest BCUT2D eigenvalue weighted by Gasteiger charge is -2.08. The molecule has 2 rings (SSSR count). The zero-order valence-corrected chi connectivity index (χ0v) is 12.5. The molecule has 0 saturated carbocycles. The average Bonchev–Trinajstić information content (AvgIpc) is 2.47. The zero-order valence-electron chi connectivity index (χ0n) is 11.8. The Morgan fingerprint density at radius 3 is 2.70 bits per heavy atom. The van der Waals surface area contributed by atoms with Gasteiger partial charge in [-0.1, -0.05) is 11.6 Å². The summed E-state index contributed by atoms with van der Waals surface area (Å²) >= 11 is 6.36. The van der Waals surface area contributed by atoms with Crippen molar-refractivity contribution >= 4 is 28.5 Å². The molecule has 2 aromatic rings. The third-order valence-corrected chi connectivity index (χ3v) is 3.51. The van der Waals surface area contributed by atoms with E-state index in [2.05, 4.69) is 0 Å². The van der Waals surface area contributed by atoms with Crippen LogP contribution in [0.4, 0.5) is 0 Å². The van der Waals surface area contributed by atoms with Crippen molar-refractivity contribution in [1.82, 2.24) is 0 Å². The average molecular weight is 295 g/mol. The topological polar surface area (TPSA) is 39.4 Å². The number of aromatic nitrogens is 1. The second-order valence-corrected chi connectivity index (χ2v) is 4.62. The highest BCUT2D eigenvalue weighted by Crippen LogP contribution is 2.28. The van der Waals surface area contributed by atoms with Gasteiger partial charge in [0.2, 0.25) is 5.52 Å². The van der Waals surface area contributed by atoms with Gasteiger partial charge in [0.05, 0.1) is 24.1 Å². The number of methoxy groups -OCH3 is 1. The minimum Gasteiger partial charge on any atom is -0.497 e. The van der Waals surface area contributed by atoms with Crippen LogP contribution in [0.5, 0.6) is 5.75 Å². The molecule has 5 heteroatoms. The molecule has 0 fully saturated rings. The number of halogens is 1. The molecule has 0 unspecified atom stereocenters. The van der Waals surface area contributed by atoms with E-state index < -0.39 is 5.97 Å². The fourth-order valence-electron chi connectivity index (χ4n) is 2.11. The number of hydrogen-bond acceptors (Lipinski definition) is 3. The fraction of sp³-hybridized carbons (Fsp3) is 0.333. The van der Waals surface area contributed by atoms with E-state index in [1.165, 1.54) is 0 Å². The van der Waals surface area contributed by atoms with Crippen LogP contribution in [0.15, 0.2) is 24.4 Å². The molecular formula is C15H17ClNO3+. The van der Waals surface area contributed by atoms with E-state index in [0.29, 0.717) is 22.9 Å². The number of ether oxygens (including phenoxy) is 2. The number of hydrogen-bond donors (Lipinski definition) is 0. The minimum absolute atomic E-state index is 0.317. The maximum Gasteiger partial charge on any atom is 0.345 e. The number of nitrogens with zero attached hydrogens (tertiary/aromatic N) is 1. The minimum atomic E-state index is -0.413. The molecule has 0 atom stereocenters. The molecule has 0 spiro atoms. The molecule has 0 aliphatic rings. The molecule has 0 N–H and O–H groups in total. The Balaban J connectivity index is 2.71. The van der Waals surface area contributed by atoms with Gasteiger partial charge in [-0.3, -0.25) is 0 Å². The Morgan fingerprint density at radius 1 is 1.35 bits per heavy atom. The first-order valence-corrected chi connectivity index (χ1v) is 6.87. The molecule has 0 bridgehead atoms. The predicted octanol–water partition coefficient (Wildman–Crippen LogP) is 2.99. The lowest BCUT2D eigenvalue weighted by molar-refractivity contribution is -0.667. The van der Waals surface area contributed by atoms with Crippen LogP contribution in [-0.4, -0.2) is 19.7 Å². The first kappa shape index (κ1) is 14.6. The number of esters is 1. The predicted molar refractivity (Wildman–Crippen MR) is 77.3 cm³/mol. The van der Waals surface area contributed by atoms with Crippen LogP contribution in [0.25, 0.3) is 10.9 Å². The van der Waals surface area contributed by atoms with Crippen molar-refractivity contribution in [3.63, 3.8) is 0 Å². The van der Waals surface area contributed by atoms with Gasteiger partial charge < -0.3 is 9.47 Å². The molecule has 1 aromatic heterocycles. The number of rotatable bonds is 4. The van der Waals surface area contributed by atoms with Gasteiger partial charge >= 0.3 is 5.97 Å². The van der Waals surface area contributed by atoms with E-state index in [1.54, 1.807) is 20.2 Å². The molecule has 1 heterocycles. The van der Waals surface area contributed by atoms with Crippen LogP contribution < -0.4 is 9.30 Å². The first-order chi connectivity index (χ1) is 9.62. The molecule has 0 radical (unpaired) electrons. The summed E-state index contributed by atoms with van der Waals surface area (Å²) in [5.41, 5.74) is 1.32. The van der Waals surface area contributed by atoms with E-state index in [9.17, 15) is 4.79 Å². The first-order valence-electron chi connectivity index (χ1n) is 6.49. The lowest BCUT2D eigenvalue weighted by atomic mass is 10.1. The van der Waals surface area contributed by atoms with Crippen LogP contribution in [0, 0.1) is 0 Å². The SMILES string of the molecule is CCOC(=O)c1c[n+](CC)c2ccc(OC)cc2c1Cl. The molecule has 4 nitrogen and oxygen atoms in total. The Morgan fingerprint density at radius 2 is 2.10 bits per heavy atom. The van der Waals surface area contributed by atoms with Crippen molar-refractivity contribution in [3.8, 4) is 5.75 Å². The highest BCUT2D eigenvalue weighted by molar-refractivity contribution is 6.38. The van der Waals surface area contributed by atoms with Crippen LogP contribution in [0.3, 0.4) is 0 Å². The normalized spacial score (nSPS) is 10.6. The number of pyridine rings is 1. The van der Waals surface area contributed by atoms with Gasteiger partial charge in [0, 0.05) is 6.07 Å². The number of carbonyl (C=O) groups excluding carboxylic acids is 1. The summed E-state index contributed by atoms with van der Waals surface area (Å²) in [4.78, 5) is 12.0.